The molecule has 0 saturated carbocycles. The molecule has 0 radical (unpaired) electrons. The highest BCUT2D eigenvalue weighted by molar-refractivity contribution is 5.81. The van der Waals surface area contributed by atoms with Gasteiger partial charge in [-0.1, -0.05) is 6.92 Å². The van der Waals surface area contributed by atoms with Crippen molar-refractivity contribution in [2.45, 2.75) is 32.4 Å². The lowest BCUT2D eigenvalue weighted by Gasteiger charge is -2.15. The number of amides is 1. The largest absolute Gasteiger partial charge is 0.394 e. The van der Waals surface area contributed by atoms with Gasteiger partial charge >= 0.3 is 0 Å². The van der Waals surface area contributed by atoms with E-state index < -0.39 is 6.04 Å². The van der Waals surface area contributed by atoms with Crippen LogP contribution in [0.2, 0.25) is 0 Å². The zero-order chi connectivity index (χ0) is 8.85. The van der Waals surface area contributed by atoms with Crippen molar-refractivity contribution in [3.63, 3.8) is 0 Å². The van der Waals surface area contributed by atoms with Gasteiger partial charge in [0, 0.05) is 0 Å². The van der Waals surface area contributed by atoms with E-state index in [-0.39, 0.29) is 18.6 Å². The Morgan fingerprint density at radius 3 is 2.55 bits per heavy atom. The third-order valence-corrected chi connectivity index (χ3v) is 1.47. The number of aliphatic hydroxyl groups is 1. The number of carbonyl (C=O) groups excluding carboxylic acids is 1. The zero-order valence-electron chi connectivity index (χ0n) is 7.00. The van der Waals surface area contributed by atoms with Gasteiger partial charge in [0.15, 0.2) is 0 Å². The van der Waals surface area contributed by atoms with Crippen molar-refractivity contribution in [2.24, 2.45) is 5.73 Å². The minimum atomic E-state index is -0.504. The summed E-state index contributed by atoms with van der Waals surface area (Å²) >= 11 is 0. The van der Waals surface area contributed by atoms with E-state index in [1.807, 2.05) is 6.92 Å². The summed E-state index contributed by atoms with van der Waals surface area (Å²) in [6.07, 6.45) is 0.717. The molecule has 66 valence electrons. The summed E-state index contributed by atoms with van der Waals surface area (Å²) in [5.74, 6) is -0.217. The molecular weight excluding hydrogens is 144 g/mol. The molecule has 0 aliphatic carbocycles. The van der Waals surface area contributed by atoms with Crippen LogP contribution in [0.15, 0.2) is 0 Å². The van der Waals surface area contributed by atoms with Gasteiger partial charge in [0.2, 0.25) is 5.91 Å². The Labute approximate surface area is 66.8 Å². The second-order valence-corrected chi connectivity index (χ2v) is 2.59. The minimum Gasteiger partial charge on any atom is -0.394 e. The number of aliphatic hydroxyl groups excluding tert-OH is 1. The van der Waals surface area contributed by atoms with Crippen LogP contribution in [-0.4, -0.2) is 29.7 Å². The molecule has 4 heteroatoms. The van der Waals surface area contributed by atoms with Crippen molar-refractivity contribution in [2.75, 3.05) is 6.61 Å². The fourth-order valence-electron chi connectivity index (χ4n) is 0.609. The number of nitrogens with one attached hydrogen (secondary N) is 1. The first-order valence-corrected chi connectivity index (χ1v) is 3.78. The molecule has 4 N–H and O–H groups in total. The fourth-order valence-corrected chi connectivity index (χ4v) is 0.609. The Kier molecular flexibility index (Phi) is 4.81. The van der Waals surface area contributed by atoms with Gasteiger partial charge in [-0.05, 0) is 13.3 Å². The molecule has 11 heavy (non-hydrogen) atoms. The van der Waals surface area contributed by atoms with Crippen molar-refractivity contribution in [3.05, 3.63) is 0 Å². The highest BCUT2D eigenvalue weighted by Crippen LogP contribution is 1.89. The van der Waals surface area contributed by atoms with Gasteiger partial charge in [-0.2, -0.15) is 0 Å². The summed E-state index contributed by atoms with van der Waals surface area (Å²) in [6, 6.07) is -0.663. The van der Waals surface area contributed by atoms with E-state index in [1.54, 1.807) is 6.92 Å². The van der Waals surface area contributed by atoms with Crippen molar-refractivity contribution in [1.29, 1.82) is 0 Å². The average molecular weight is 160 g/mol. The quantitative estimate of drug-likeness (QED) is 0.505. The van der Waals surface area contributed by atoms with Crippen LogP contribution in [0.4, 0.5) is 0 Å². The van der Waals surface area contributed by atoms with E-state index in [0.29, 0.717) is 0 Å². The predicted molar refractivity (Wildman–Crippen MR) is 43.0 cm³/mol. The Balaban J connectivity index is 3.72. The molecule has 0 spiro atoms. The van der Waals surface area contributed by atoms with Crippen LogP contribution in [-0.2, 0) is 4.79 Å². The van der Waals surface area contributed by atoms with E-state index in [0.717, 1.165) is 6.42 Å². The number of hydrogen-bond donors (Lipinski definition) is 3. The lowest BCUT2D eigenvalue weighted by atomic mass is 10.2. The maximum absolute atomic E-state index is 10.9. The Morgan fingerprint density at radius 1 is 1.73 bits per heavy atom. The number of hydrogen-bond acceptors (Lipinski definition) is 3. The summed E-state index contributed by atoms with van der Waals surface area (Å²) in [7, 11) is 0. The molecule has 0 saturated heterocycles. The molecule has 0 aromatic heterocycles. The van der Waals surface area contributed by atoms with Gasteiger partial charge in [0.1, 0.15) is 0 Å². The first kappa shape index (κ1) is 10.4. The molecule has 0 bridgehead atoms. The predicted octanol–water partition coefficient (Wildman–Crippen LogP) is -0.779. The molecule has 0 fully saturated rings. The van der Waals surface area contributed by atoms with Crippen molar-refractivity contribution in [3.8, 4) is 0 Å². The van der Waals surface area contributed by atoms with Gasteiger partial charge < -0.3 is 16.2 Å². The van der Waals surface area contributed by atoms with Gasteiger partial charge in [0.05, 0.1) is 18.7 Å². The molecule has 0 aliphatic heterocycles. The molecule has 0 heterocycles. The van der Waals surface area contributed by atoms with Crippen molar-refractivity contribution < 1.29 is 9.90 Å². The number of nitrogens with two attached hydrogens (primary N) is 1. The van der Waals surface area contributed by atoms with Crippen LogP contribution in [0.1, 0.15) is 20.3 Å². The molecule has 1 unspecified atom stereocenters. The topological polar surface area (TPSA) is 75.3 Å². The van der Waals surface area contributed by atoms with Crippen LogP contribution in [0.3, 0.4) is 0 Å². The SMILES string of the molecule is CCC(CO)NC(=O)[C@@H](C)N. The summed E-state index contributed by atoms with van der Waals surface area (Å²) in [5, 5.41) is 11.3. The first-order chi connectivity index (χ1) is 5.11. The maximum Gasteiger partial charge on any atom is 0.236 e. The van der Waals surface area contributed by atoms with Gasteiger partial charge in [-0.3, -0.25) is 4.79 Å². The number of carbonyl (C=O) groups is 1. The molecule has 0 aromatic carbocycles. The third-order valence-electron chi connectivity index (χ3n) is 1.47. The highest BCUT2D eigenvalue weighted by Gasteiger charge is 2.11. The fraction of sp³-hybridized carbons (Fsp3) is 0.857. The van der Waals surface area contributed by atoms with E-state index in [1.165, 1.54) is 0 Å². The second-order valence-electron chi connectivity index (χ2n) is 2.59. The van der Waals surface area contributed by atoms with Crippen LogP contribution in [0.25, 0.3) is 0 Å². The first-order valence-electron chi connectivity index (χ1n) is 3.78. The van der Waals surface area contributed by atoms with Crippen molar-refractivity contribution in [1.82, 2.24) is 5.32 Å². The van der Waals surface area contributed by atoms with Crippen LogP contribution in [0.5, 0.6) is 0 Å². The smallest absolute Gasteiger partial charge is 0.236 e. The van der Waals surface area contributed by atoms with Crippen LogP contribution in [0, 0.1) is 0 Å². The molecule has 2 atom stereocenters. The summed E-state index contributed by atoms with van der Waals surface area (Å²) in [6.45, 7) is 3.47. The Bertz CT molecular complexity index is 122. The molecular formula is C7H16N2O2. The summed E-state index contributed by atoms with van der Waals surface area (Å²) in [4.78, 5) is 10.9. The summed E-state index contributed by atoms with van der Waals surface area (Å²) < 4.78 is 0. The third kappa shape index (κ3) is 3.95. The van der Waals surface area contributed by atoms with Gasteiger partial charge in [-0.15, -0.1) is 0 Å². The monoisotopic (exact) mass is 160 g/mol. The highest BCUT2D eigenvalue weighted by atomic mass is 16.3. The zero-order valence-corrected chi connectivity index (χ0v) is 7.00. The Morgan fingerprint density at radius 2 is 2.27 bits per heavy atom. The second kappa shape index (κ2) is 5.09. The molecule has 1 amide bonds. The van der Waals surface area contributed by atoms with Gasteiger partial charge in [0.25, 0.3) is 0 Å². The molecule has 0 aliphatic rings. The lowest BCUT2D eigenvalue weighted by molar-refractivity contribution is -0.123. The van der Waals surface area contributed by atoms with E-state index in [9.17, 15) is 4.79 Å². The standard InChI is InChI=1S/C7H16N2O2/c1-3-6(4-10)9-7(11)5(2)8/h5-6,10H,3-4,8H2,1-2H3,(H,9,11)/t5-,6?/m1/s1. The normalized spacial score (nSPS) is 15.6. The average Bonchev–Trinajstić information content (AvgIpc) is 1.99. The van der Waals surface area contributed by atoms with Crippen LogP contribution >= 0.6 is 0 Å². The van der Waals surface area contributed by atoms with Gasteiger partial charge in [-0.25, -0.2) is 0 Å². The minimum absolute atomic E-state index is 0.0328. The molecule has 0 rings (SSSR count). The Hall–Kier alpha value is -0.610. The molecule has 4 nitrogen and oxygen atoms in total. The maximum atomic E-state index is 10.9. The molecule has 0 aromatic rings. The van der Waals surface area contributed by atoms with Crippen molar-refractivity contribution >= 4 is 5.91 Å². The van der Waals surface area contributed by atoms with Crippen LogP contribution < -0.4 is 11.1 Å². The van der Waals surface area contributed by atoms with E-state index in [2.05, 4.69) is 5.32 Å². The van der Waals surface area contributed by atoms with E-state index >= 15 is 0 Å². The van der Waals surface area contributed by atoms with E-state index in [4.69, 9.17) is 10.8 Å². The summed E-state index contributed by atoms with van der Waals surface area (Å²) in [5.41, 5.74) is 5.30. The number of rotatable bonds is 4. The lowest BCUT2D eigenvalue weighted by Crippen LogP contribution is -2.45.